The molecule has 0 aliphatic heterocycles. The highest BCUT2D eigenvalue weighted by Gasteiger charge is 2.16. The molecule has 20 heavy (non-hydrogen) atoms. The van der Waals surface area contributed by atoms with Crippen molar-refractivity contribution in [2.24, 2.45) is 11.8 Å². The summed E-state index contributed by atoms with van der Waals surface area (Å²) in [6.45, 7) is 11.0. The number of hydrogen-bond donors (Lipinski definition) is 0. The zero-order chi connectivity index (χ0) is 15.3. The number of halogens is 1. The zero-order valence-electron chi connectivity index (χ0n) is 12.6. The van der Waals surface area contributed by atoms with Crippen LogP contribution in [0.4, 0.5) is 10.1 Å². The van der Waals surface area contributed by atoms with Crippen LogP contribution in [0.5, 0.6) is 0 Å². The van der Waals surface area contributed by atoms with Crippen molar-refractivity contribution in [3.05, 3.63) is 39.7 Å². The van der Waals surface area contributed by atoms with Crippen LogP contribution in [0.2, 0.25) is 0 Å². The van der Waals surface area contributed by atoms with Crippen LogP contribution in [-0.4, -0.2) is 22.9 Å². The van der Waals surface area contributed by atoms with Gasteiger partial charge >= 0.3 is 5.69 Å². The maximum Gasteiger partial charge on any atom is 0.304 e. The fraction of sp³-hybridized carbons (Fsp3) is 0.600. The van der Waals surface area contributed by atoms with Gasteiger partial charge in [0.05, 0.1) is 4.92 Å². The van der Waals surface area contributed by atoms with Crippen LogP contribution in [0.1, 0.15) is 33.3 Å². The second kappa shape index (κ2) is 7.33. The average molecular weight is 282 g/mol. The van der Waals surface area contributed by atoms with Crippen molar-refractivity contribution in [1.82, 2.24) is 4.90 Å². The first kappa shape index (κ1) is 16.6. The molecule has 1 aromatic carbocycles. The molecule has 0 radical (unpaired) electrons. The number of nitro benzene ring substituents is 1. The molecule has 0 heterocycles. The van der Waals surface area contributed by atoms with Gasteiger partial charge in [-0.05, 0) is 23.5 Å². The van der Waals surface area contributed by atoms with Gasteiger partial charge in [-0.25, -0.2) is 0 Å². The van der Waals surface area contributed by atoms with E-state index in [0.29, 0.717) is 18.4 Å². The van der Waals surface area contributed by atoms with Crippen molar-refractivity contribution in [1.29, 1.82) is 0 Å². The molecular weight excluding hydrogens is 259 g/mol. The number of rotatable bonds is 7. The van der Waals surface area contributed by atoms with Gasteiger partial charge in [-0.1, -0.05) is 33.8 Å². The van der Waals surface area contributed by atoms with Crippen molar-refractivity contribution in [2.75, 3.05) is 13.1 Å². The molecule has 5 heteroatoms. The van der Waals surface area contributed by atoms with E-state index < -0.39 is 16.4 Å². The molecule has 1 rings (SSSR count). The van der Waals surface area contributed by atoms with E-state index in [0.717, 1.165) is 18.7 Å². The molecule has 112 valence electrons. The Bertz CT molecular complexity index is 451. The molecule has 4 nitrogen and oxygen atoms in total. The highest BCUT2D eigenvalue weighted by Crippen LogP contribution is 2.19. The number of benzene rings is 1. The first-order chi connectivity index (χ1) is 9.29. The van der Waals surface area contributed by atoms with E-state index in [1.54, 1.807) is 6.07 Å². The van der Waals surface area contributed by atoms with Gasteiger partial charge in [-0.15, -0.1) is 0 Å². The molecule has 0 bridgehead atoms. The van der Waals surface area contributed by atoms with Crippen LogP contribution < -0.4 is 0 Å². The largest absolute Gasteiger partial charge is 0.304 e. The Hall–Kier alpha value is -1.49. The average Bonchev–Trinajstić information content (AvgIpc) is 2.26. The Morgan fingerprint density at radius 2 is 1.75 bits per heavy atom. The minimum atomic E-state index is -0.762. The molecule has 0 unspecified atom stereocenters. The first-order valence-electron chi connectivity index (χ1n) is 6.94. The van der Waals surface area contributed by atoms with Crippen LogP contribution in [0, 0.1) is 27.8 Å². The molecule has 0 aromatic heterocycles. The van der Waals surface area contributed by atoms with E-state index in [1.807, 2.05) is 0 Å². The summed E-state index contributed by atoms with van der Waals surface area (Å²) in [4.78, 5) is 12.2. The molecule has 0 N–H and O–H groups in total. The Morgan fingerprint density at radius 1 is 1.20 bits per heavy atom. The molecule has 0 aliphatic rings. The lowest BCUT2D eigenvalue weighted by atomic mass is 10.1. The van der Waals surface area contributed by atoms with Gasteiger partial charge in [-0.3, -0.25) is 15.0 Å². The van der Waals surface area contributed by atoms with E-state index in [9.17, 15) is 14.5 Å². The summed E-state index contributed by atoms with van der Waals surface area (Å²) in [6.07, 6.45) is 0. The van der Waals surface area contributed by atoms with Crippen LogP contribution in [0.25, 0.3) is 0 Å². The number of nitro groups is 1. The van der Waals surface area contributed by atoms with E-state index >= 15 is 0 Å². The van der Waals surface area contributed by atoms with Gasteiger partial charge in [0, 0.05) is 25.7 Å². The first-order valence-corrected chi connectivity index (χ1v) is 6.94. The minimum absolute atomic E-state index is 0.465. The summed E-state index contributed by atoms with van der Waals surface area (Å²) in [5.41, 5.74) is 0.308. The predicted molar refractivity (Wildman–Crippen MR) is 78.0 cm³/mol. The second-order valence-corrected chi connectivity index (χ2v) is 6.02. The van der Waals surface area contributed by atoms with E-state index in [-0.39, 0.29) is 0 Å². The Balaban J connectivity index is 2.82. The van der Waals surface area contributed by atoms with Crippen LogP contribution >= 0.6 is 0 Å². The van der Waals surface area contributed by atoms with Gasteiger partial charge in [0.25, 0.3) is 0 Å². The summed E-state index contributed by atoms with van der Waals surface area (Å²) in [5, 5.41) is 10.6. The normalized spacial score (nSPS) is 11.6. The predicted octanol–water partition coefficient (Wildman–Crippen LogP) is 3.85. The summed E-state index contributed by atoms with van der Waals surface area (Å²) < 4.78 is 13.6. The maximum atomic E-state index is 13.6. The molecule has 0 aliphatic carbocycles. The number of nitrogens with zero attached hydrogens (tertiary/aromatic N) is 2. The summed E-state index contributed by atoms with van der Waals surface area (Å²) in [5.74, 6) is 0.287. The summed E-state index contributed by atoms with van der Waals surface area (Å²) >= 11 is 0. The van der Waals surface area contributed by atoms with Crippen LogP contribution in [-0.2, 0) is 6.54 Å². The fourth-order valence-corrected chi connectivity index (χ4v) is 2.29. The van der Waals surface area contributed by atoms with Crippen molar-refractivity contribution < 1.29 is 9.31 Å². The van der Waals surface area contributed by atoms with Gasteiger partial charge in [0.15, 0.2) is 0 Å². The van der Waals surface area contributed by atoms with Crippen molar-refractivity contribution in [3.8, 4) is 0 Å². The summed E-state index contributed by atoms with van der Waals surface area (Å²) in [7, 11) is 0. The molecule has 0 saturated carbocycles. The van der Waals surface area contributed by atoms with Gasteiger partial charge in [-0.2, -0.15) is 4.39 Å². The Kier molecular flexibility index (Phi) is 6.07. The van der Waals surface area contributed by atoms with E-state index in [4.69, 9.17) is 0 Å². The van der Waals surface area contributed by atoms with Gasteiger partial charge < -0.3 is 0 Å². The monoisotopic (exact) mass is 282 g/mol. The van der Waals surface area contributed by atoms with Crippen molar-refractivity contribution in [3.63, 3.8) is 0 Å². The topological polar surface area (TPSA) is 46.4 Å². The smallest absolute Gasteiger partial charge is 0.299 e. The maximum absolute atomic E-state index is 13.6. The van der Waals surface area contributed by atoms with Gasteiger partial charge in [0.1, 0.15) is 0 Å². The third-order valence-electron chi connectivity index (χ3n) is 2.86. The lowest BCUT2D eigenvalue weighted by Crippen LogP contribution is -2.30. The van der Waals surface area contributed by atoms with Crippen LogP contribution in [0.15, 0.2) is 18.2 Å². The number of hydrogen-bond acceptors (Lipinski definition) is 3. The standard InChI is InChI=1S/C15H23FN2O2/c1-11(2)8-17(9-12(3)4)10-13-5-6-15(18(19)20)14(16)7-13/h5-7,11-12H,8-10H2,1-4H3. The molecule has 0 saturated heterocycles. The zero-order valence-corrected chi connectivity index (χ0v) is 12.6. The van der Waals surface area contributed by atoms with Crippen molar-refractivity contribution in [2.45, 2.75) is 34.2 Å². The Morgan fingerprint density at radius 3 is 2.15 bits per heavy atom. The highest BCUT2D eigenvalue weighted by molar-refractivity contribution is 5.34. The molecule has 0 fully saturated rings. The van der Waals surface area contributed by atoms with E-state index in [1.165, 1.54) is 12.1 Å². The molecule has 0 amide bonds. The SMILES string of the molecule is CC(C)CN(Cc1ccc([N+](=O)[O-])c(F)c1)CC(C)C. The lowest BCUT2D eigenvalue weighted by Gasteiger charge is -2.26. The Labute approximate surface area is 119 Å². The van der Waals surface area contributed by atoms with Crippen molar-refractivity contribution >= 4 is 5.69 Å². The minimum Gasteiger partial charge on any atom is -0.299 e. The molecule has 0 atom stereocenters. The third kappa shape index (κ3) is 5.25. The third-order valence-corrected chi connectivity index (χ3v) is 2.86. The molecular formula is C15H23FN2O2. The highest BCUT2D eigenvalue weighted by atomic mass is 19.1. The fourth-order valence-electron chi connectivity index (χ4n) is 2.29. The van der Waals surface area contributed by atoms with Gasteiger partial charge in [0.2, 0.25) is 5.82 Å². The van der Waals surface area contributed by atoms with Crippen LogP contribution in [0.3, 0.4) is 0 Å². The molecule has 1 aromatic rings. The lowest BCUT2D eigenvalue weighted by molar-refractivity contribution is -0.387. The second-order valence-electron chi connectivity index (χ2n) is 6.02. The quantitative estimate of drug-likeness (QED) is 0.563. The van der Waals surface area contributed by atoms with E-state index in [2.05, 4.69) is 32.6 Å². The molecule has 0 spiro atoms. The summed E-state index contributed by atoms with van der Waals surface area (Å²) in [6, 6.07) is 4.15.